The summed E-state index contributed by atoms with van der Waals surface area (Å²) < 4.78 is 7.51. The Hall–Kier alpha value is -1.03. The van der Waals surface area contributed by atoms with Gasteiger partial charge in [0.25, 0.3) is 0 Å². The fraction of sp³-hybridized carbons (Fsp3) is 0.700. The van der Waals surface area contributed by atoms with Gasteiger partial charge < -0.3 is 15.0 Å². The van der Waals surface area contributed by atoms with E-state index in [0.717, 1.165) is 12.2 Å². The predicted molar refractivity (Wildman–Crippen MR) is 57.1 cm³/mol. The molecule has 0 fully saturated rings. The molecule has 4 heteroatoms. The highest BCUT2D eigenvalue weighted by Gasteiger charge is 2.19. The van der Waals surface area contributed by atoms with Crippen LogP contribution in [0.15, 0.2) is 6.20 Å². The number of nitrogens with two attached hydrogens (primary N) is 1. The Bertz CT molecular complexity index is 304. The van der Waals surface area contributed by atoms with Crippen LogP contribution in [0.2, 0.25) is 0 Å². The summed E-state index contributed by atoms with van der Waals surface area (Å²) in [5.41, 5.74) is 6.48. The van der Waals surface area contributed by atoms with Crippen LogP contribution in [0.3, 0.4) is 0 Å². The van der Waals surface area contributed by atoms with Gasteiger partial charge in [-0.3, -0.25) is 0 Å². The Balaban J connectivity index is 2.72. The fourth-order valence-electron chi connectivity index (χ4n) is 1.54. The molecule has 0 saturated heterocycles. The van der Waals surface area contributed by atoms with E-state index >= 15 is 0 Å². The lowest BCUT2D eigenvalue weighted by atomic mass is 10.1. The third-order valence-electron chi connectivity index (χ3n) is 2.01. The summed E-state index contributed by atoms with van der Waals surface area (Å²) in [6, 6.07) is 0. The largest absolute Gasteiger partial charge is 0.374 e. The highest BCUT2D eigenvalue weighted by Crippen LogP contribution is 2.15. The lowest BCUT2D eigenvalue weighted by Gasteiger charge is -2.25. The van der Waals surface area contributed by atoms with E-state index in [1.54, 1.807) is 0 Å². The molecular weight excluding hydrogens is 178 g/mol. The van der Waals surface area contributed by atoms with Crippen molar-refractivity contribution in [2.75, 3.05) is 12.3 Å². The molecule has 2 N–H and O–H groups in total. The quantitative estimate of drug-likeness (QED) is 0.797. The fourth-order valence-corrected chi connectivity index (χ4v) is 1.54. The maximum Gasteiger partial charge on any atom is 0.200 e. The molecule has 0 aromatic carbocycles. The van der Waals surface area contributed by atoms with Crippen LogP contribution < -0.4 is 5.73 Å². The summed E-state index contributed by atoms with van der Waals surface area (Å²) in [5.74, 6) is 0.551. The molecule has 0 aliphatic rings. The molecule has 80 valence electrons. The molecule has 0 aliphatic heterocycles. The summed E-state index contributed by atoms with van der Waals surface area (Å²) in [6.45, 7) is 9.45. The summed E-state index contributed by atoms with van der Waals surface area (Å²) in [7, 11) is 0. The number of aryl methyl sites for hydroxylation is 1. The lowest BCUT2D eigenvalue weighted by Crippen LogP contribution is -2.30. The summed E-state index contributed by atoms with van der Waals surface area (Å²) in [5, 5.41) is 0. The first-order valence-corrected chi connectivity index (χ1v) is 4.88. The van der Waals surface area contributed by atoms with Gasteiger partial charge in [-0.2, -0.15) is 0 Å². The third-order valence-corrected chi connectivity index (χ3v) is 2.01. The van der Waals surface area contributed by atoms with E-state index < -0.39 is 0 Å². The monoisotopic (exact) mass is 197 g/mol. The van der Waals surface area contributed by atoms with E-state index in [1.807, 2.05) is 38.5 Å². The molecule has 0 unspecified atom stereocenters. The Morgan fingerprint density at radius 1 is 1.57 bits per heavy atom. The Morgan fingerprint density at radius 2 is 2.21 bits per heavy atom. The van der Waals surface area contributed by atoms with Gasteiger partial charge in [0.05, 0.1) is 17.8 Å². The normalized spacial score (nSPS) is 12.0. The summed E-state index contributed by atoms with van der Waals surface area (Å²) >= 11 is 0. The van der Waals surface area contributed by atoms with E-state index in [4.69, 9.17) is 10.5 Å². The number of aromatic nitrogens is 2. The van der Waals surface area contributed by atoms with E-state index in [9.17, 15) is 0 Å². The number of nitrogens with zero attached hydrogens (tertiary/aromatic N) is 2. The highest BCUT2D eigenvalue weighted by atomic mass is 16.5. The van der Waals surface area contributed by atoms with Crippen molar-refractivity contribution in [2.24, 2.45) is 0 Å². The maximum absolute atomic E-state index is 5.74. The standard InChI is InChI=1S/C10H19N3O/c1-5-14-10(3,4)7-13-6-8(2)12-9(13)11/h6H,5,7H2,1-4H3,(H2,11,12). The minimum atomic E-state index is -0.198. The Kier molecular flexibility index (Phi) is 3.16. The molecule has 0 aliphatic carbocycles. The van der Waals surface area contributed by atoms with Crippen molar-refractivity contribution in [3.05, 3.63) is 11.9 Å². The minimum absolute atomic E-state index is 0.198. The minimum Gasteiger partial charge on any atom is -0.374 e. The number of anilines is 1. The van der Waals surface area contributed by atoms with Gasteiger partial charge in [-0.15, -0.1) is 0 Å². The van der Waals surface area contributed by atoms with Crippen LogP contribution in [0.1, 0.15) is 26.5 Å². The molecule has 1 heterocycles. The molecule has 14 heavy (non-hydrogen) atoms. The van der Waals surface area contributed by atoms with E-state index in [2.05, 4.69) is 4.98 Å². The SMILES string of the molecule is CCOC(C)(C)Cn1cc(C)nc1N. The molecule has 1 aromatic heterocycles. The van der Waals surface area contributed by atoms with E-state index in [1.165, 1.54) is 0 Å². The van der Waals surface area contributed by atoms with E-state index in [-0.39, 0.29) is 5.60 Å². The number of hydrogen-bond donors (Lipinski definition) is 1. The zero-order valence-electron chi connectivity index (χ0n) is 9.37. The molecular formula is C10H19N3O. The van der Waals surface area contributed by atoms with Gasteiger partial charge in [0.15, 0.2) is 5.95 Å². The molecule has 1 aromatic rings. The first-order chi connectivity index (χ1) is 6.44. The predicted octanol–water partition coefficient (Wildman–Crippen LogP) is 1.59. The molecule has 0 radical (unpaired) electrons. The zero-order chi connectivity index (χ0) is 10.8. The van der Waals surface area contributed by atoms with Crippen LogP contribution in [0.4, 0.5) is 5.95 Å². The molecule has 0 spiro atoms. The van der Waals surface area contributed by atoms with Gasteiger partial charge in [-0.05, 0) is 27.7 Å². The van der Waals surface area contributed by atoms with Gasteiger partial charge in [0, 0.05) is 12.8 Å². The second-order valence-corrected chi connectivity index (χ2v) is 4.06. The summed E-state index contributed by atoms with van der Waals surface area (Å²) in [6.07, 6.45) is 1.94. The average molecular weight is 197 g/mol. The van der Waals surface area contributed by atoms with Crippen LogP contribution >= 0.6 is 0 Å². The second-order valence-electron chi connectivity index (χ2n) is 4.06. The molecule has 0 atom stereocenters. The molecule has 0 saturated carbocycles. The molecule has 4 nitrogen and oxygen atoms in total. The van der Waals surface area contributed by atoms with Crippen molar-refractivity contribution in [1.82, 2.24) is 9.55 Å². The first-order valence-electron chi connectivity index (χ1n) is 4.88. The van der Waals surface area contributed by atoms with Gasteiger partial charge >= 0.3 is 0 Å². The van der Waals surface area contributed by atoms with Crippen LogP contribution in [0.25, 0.3) is 0 Å². The lowest BCUT2D eigenvalue weighted by molar-refractivity contribution is -0.0220. The number of hydrogen-bond acceptors (Lipinski definition) is 3. The van der Waals surface area contributed by atoms with Crippen LogP contribution in [-0.2, 0) is 11.3 Å². The van der Waals surface area contributed by atoms with E-state index in [0.29, 0.717) is 12.6 Å². The molecule has 1 rings (SSSR count). The number of rotatable bonds is 4. The Labute approximate surface area is 85.1 Å². The number of nitrogen functional groups attached to an aromatic ring is 1. The Morgan fingerprint density at radius 3 is 2.64 bits per heavy atom. The number of imidazole rings is 1. The molecule has 0 amide bonds. The van der Waals surface area contributed by atoms with Crippen LogP contribution in [-0.4, -0.2) is 21.8 Å². The van der Waals surface area contributed by atoms with Crippen molar-refractivity contribution >= 4 is 5.95 Å². The first kappa shape index (κ1) is 11.0. The zero-order valence-corrected chi connectivity index (χ0v) is 9.37. The van der Waals surface area contributed by atoms with Gasteiger partial charge in [-0.1, -0.05) is 0 Å². The van der Waals surface area contributed by atoms with Crippen molar-refractivity contribution in [2.45, 2.75) is 39.8 Å². The third kappa shape index (κ3) is 2.73. The van der Waals surface area contributed by atoms with Gasteiger partial charge in [0.2, 0.25) is 0 Å². The smallest absolute Gasteiger partial charge is 0.200 e. The van der Waals surface area contributed by atoms with Crippen LogP contribution in [0.5, 0.6) is 0 Å². The number of ether oxygens (including phenoxy) is 1. The maximum atomic E-state index is 5.74. The average Bonchev–Trinajstić information content (AvgIpc) is 2.28. The summed E-state index contributed by atoms with van der Waals surface area (Å²) in [4.78, 5) is 4.14. The van der Waals surface area contributed by atoms with Gasteiger partial charge in [0.1, 0.15) is 0 Å². The van der Waals surface area contributed by atoms with Crippen LogP contribution in [0, 0.1) is 6.92 Å². The van der Waals surface area contributed by atoms with Crippen molar-refractivity contribution in [3.8, 4) is 0 Å². The highest BCUT2D eigenvalue weighted by molar-refractivity contribution is 5.21. The van der Waals surface area contributed by atoms with Crippen molar-refractivity contribution < 1.29 is 4.74 Å². The van der Waals surface area contributed by atoms with Crippen molar-refractivity contribution in [3.63, 3.8) is 0 Å². The topological polar surface area (TPSA) is 53.1 Å². The second kappa shape index (κ2) is 4.00. The van der Waals surface area contributed by atoms with Gasteiger partial charge in [-0.25, -0.2) is 4.98 Å². The molecule has 0 bridgehead atoms. The van der Waals surface area contributed by atoms with Crippen molar-refractivity contribution in [1.29, 1.82) is 0 Å².